The first kappa shape index (κ1) is 12.4. The summed E-state index contributed by atoms with van der Waals surface area (Å²) < 4.78 is 4.92. The van der Waals surface area contributed by atoms with Gasteiger partial charge in [0, 0.05) is 25.7 Å². The van der Waals surface area contributed by atoms with E-state index in [0.29, 0.717) is 5.56 Å². The molecule has 0 bridgehead atoms. The molecule has 2 aromatic heterocycles. The van der Waals surface area contributed by atoms with Crippen molar-refractivity contribution in [1.82, 2.24) is 10.2 Å². The van der Waals surface area contributed by atoms with Crippen LogP contribution < -0.4 is 5.32 Å². The Morgan fingerprint density at radius 2 is 2.47 bits per heavy atom. The Morgan fingerprint density at radius 1 is 1.53 bits per heavy atom. The lowest BCUT2D eigenvalue weighted by Crippen LogP contribution is -2.36. The average molecular weight is 276 g/mol. The molecule has 0 saturated carbocycles. The first-order valence-corrected chi connectivity index (χ1v) is 7.32. The summed E-state index contributed by atoms with van der Waals surface area (Å²) in [5, 5.41) is 7.33. The smallest absolute Gasteiger partial charge is 0.254 e. The zero-order valence-electron chi connectivity index (χ0n) is 10.5. The van der Waals surface area contributed by atoms with Crippen LogP contribution in [0.3, 0.4) is 0 Å². The van der Waals surface area contributed by atoms with E-state index in [2.05, 4.69) is 27.0 Å². The van der Waals surface area contributed by atoms with E-state index < -0.39 is 0 Å². The van der Waals surface area contributed by atoms with Gasteiger partial charge < -0.3 is 9.73 Å². The molecule has 5 heteroatoms. The van der Waals surface area contributed by atoms with Crippen molar-refractivity contribution in [1.29, 1.82) is 0 Å². The molecule has 0 aromatic carbocycles. The summed E-state index contributed by atoms with van der Waals surface area (Å²) in [6.07, 6.45) is 4.01. The molecule has 1 amide bonds. The molecule has 1 N–H and O–H groups in total. The molecule has 0 aliphatic carbocycles. The van der Waals surface area contributed by atoms with Crippen molar-refractivity contribution in [3.05, 3.63) is 46.5 Å². The number of nitrogens with one attached hydrogen (secondary N) is 1. The van der Waals surface area contributed by atoms with Crippen molar-refractivity contribution in [3.63, 3.8) is 0 Å². The van der Waals surface area contributed by atoms with Gasteiger partial charge in [-0.25, -0.2) is 0 Å². The summed E-state index contributed by atoms with van der Waals surface area (Å²) in [7, 11) is 0. The summed E-state index contributed by atoms with van der Waals surface area (Å²) in [5.41, 5.74) is 1.95. The van der Waals surface area contributed by atoms with E-state index in [1.54, 1.807) is 17.4 Å². The molecular formula is C14H16N2O2S. The number of nitrogens with zero attached hydrogens (tertiary/aromatic N) is 1. The molecule has 1 fully saturated rings. The van der Waals surface area contributed by atoms with E-state index in [1.807, 2.05) is 0 Å². The molecule has 1 atom stereocenters. The second-order valence-corrected chi connectivity index (χ2v) is 5.62. The minimum Gasteiger partial charge on any atom is -0.472 e. The molecule has 3 heterocycles. The van der Waals surface area contributed by atoms with E-state index in [-0.39, 0.29) is 11.9 Å². The molecule has 4 nitrogen and oxygen atoms in total. The molecule has 100 valence electrons. The number of thiophene rings is 1. The summed E-state index contributed by atoms with van der Waals surface area (Å²) in [4.78, 5) is 14.3. The molecule has 2 aromatic rings. The Labute approximate surface area is 116 Å². The van der Waals surface area contributed by atoms with Gasteiger partial charge in [0.1, 0.15) is 6.26 Å². The third-order valence-electron chi connectivity index (χ3n) is 3.38. The van der Waals surface area contributed by atoms with Gasteiger partial charge >= 0.3 is 0 Å². The Hall–Kier alpha value is -1.59. The highest BCUT2D eigenvalue weighted by Gasteiger charge is 2.24. The lowest BCUT2D eigenvalue weighted by atomic mass is 10.2. The summed E-state index contributed by atoms with van der Waals surface area (Å²) >= 11 is 1.73. The van der Waals surface area contributed by atoms with Gasteiger partial charge in [-0.2, -0.15) is 11.3 Å². The predicted molar refractivity (Wildman–Crippen MR) is 74.2 cm³/mol. The molecule has 0 spiro atoms. The maximum absolute atomic E-state index is 11.9. The van der Waals surface area contributed by atoms with Gasteiger partial charge in [-0.15, -0.1) is 0 Å². The fourth-order valence-electron chi connectivity index (χ4n) is 2.40. The fraction of sp³-hybridized carbons (Fsp3) is 0.357. The molecule has 1 saturated heterocycles. The zero-order chi connectivity index (χ0) is 13.1. The summed E-state index contributed by atoms with van der Waals surface area (Å²) in [6.45, 7) is 2.92. The fourth-order valence-corrected chi connectivity index (χ4v) is 3.06. The van der Waals surface area contributed by atoms with Crippen LogP contribution in [0.4, 0.5) is 0 Å². The van der Waals surface area contributed by atoms with Crippen molar-refractivity contribution in [3.8, 4) is 0 Å². The number of hydrogen-bond donors (Lipinski definition) is 1. The molecule has 0 radical (unpaired) electrons. The quantitative estimate of drug-likeness (QED) is 0.932. The topological polar surface area (TPSA) is 45.5 Å². The Kier molecular flexibility index (Phi) is 3.66. The van der Waals surface area contributed by atoms with E-state index in [1.165, 1.54) is 18.1 Å². The number of amides is 1. The standard InChI is InChI=1S/C14H16N2O2S/c17-14(12-2-5-18-9-12)15-13-1-4-16(8-13)7-11-3-6-19-10-11/h2-3,5-6,9-10,13H,1,4,7-8H2,(H,15,17). The number of carbonyl (C=O) groups is 1. The van der Waals surface area contributed by atoms with Crippen molar-refractivity contribution >= 4 is 17.2 Å². The van der Waals surface area contributed by atoms with Gasteiger partial charge in [-0.05, 0) is 34.9 Å². The van der Waals surface area contributed by atoms with Crippen LogP contribution in [0.25, 0.3) is 0 Å². The van der Waals surface area contributed by atoms with Crippen LogP contribution in [-0.4, -0.2) is 29.9 Å². The van der Waals surface area contributed by atoms with Gasteiger partial charge in [0.25, 0.3) is 5.91 Å². The van der Waals surface area contributed by atoms with E-state index in [9.17, 15) is 4.79 Å². The van der Waals surface area contributed by atoms with Gasteiger partial charge in [-0.3, -0.25) is 9.69 Å². The maximum atomic E-state index is 11.9. The first-order chi connectivity index (χ1) is 9.31. The highest BCUT2D eigenvalue weighted by atomic mass is 32.1. The number of furan rings is 1. The number of carbonyl (C=O) groups excluding carboxylic acids is 1. The molecule has 1 aliphatic heterocycles. The van der Waals surface area contributed by atoms with Crippen molar-refractivity contribution in [2.24, 2.45) is 0 Å². The normalized spacial score (nSPS) is 19.7. The minimum atomic E-state index is -0.0452. The van der Waals surface area contributed by atoms with Gasteiger partial charge in [0.15, 0.2) is 0 Å². The van der Waals surface area contributed by atoms with Crippen LogP contribution in [0.15, 0.2) is 39.8 Å². The van der Waals surface area contributed by atoms with E-state index in [0.717, 1.165) is 26.1 Å². The third kappa shape index (κ3) is 3.05. The van der Waals surface area contributed by atoms with Crippen LogP contribution >= 0.6 is 11.3 Å². The van der Waals surface area contributed by atoms with Crippen LogP contribution in [0.2, 0.25) is 0 Å². The summed E-state index contributed by atoms with van der Waals surface area (Å²) in [5.74, 6) is -0.0452. The van der Waals surface area contributed by atoms with Crippen LogP contribution in [-0.2, 0) is 6.54 Å². The first-order valence-electron chi connectivity index (χ1n) is 6.38. The molecule has 19 heavy (non-hydrogen) atoms. The van der Waals surface area contributed by atoms with Crippen molar-refractivity contribution in [2.75, 3.05) is 13.1 Å². The Bertz CT molecular complexity index is 522. The highest BCUT2D eigenvalue weighted by molar-refractivity contribution is 7.07. The molecule has 3 rings (SSSR count). The zero-order valence-corrected chi connectivity index (χ0v) is 11.4. The minimum absolute atomic E-state index is 0.0452. The monoisotopic (exact) mass is 276 g/mol. The largest absolute Gasteiger partial charge is 0.472 e. The van der Waals surface area contributed by atoms with Crippen molar-refractivity contribution < 1.29 is 9.21 Å². The van der Waals surface area contributed by atoms with Gasteiger partial charge in [-0.1, -0.05) is 0 Å². The van der Waals surface area contributed by atoms with Crippen LogP contribution in [0, 0.1) is 0 Å². The van der Waals surface area contributed by atoms with E-state index >= 15 is 0 Å². The molecular weight excluding hydrogens is 260 g/mol. The van der Waals surface area contributed by atoms with Gasteiger partial charge in [0.05, 0.1) is 11.8 Å². The predicted octanol–water partition coefficient (Wildman–Crippen LogP) is 2.35. The highest BCUT2D eigenvalue weighted by Crippen LogP contribution is 2.15. The number of hydrogen-bond acceptors (Lipinski definition) is 4. The SMILES string of the molecule is O=C(NC1CCN(Cc2ccsc2)C1)c1ccoc1. The Morgan fingerprint density at radius 3 is 3.21 bits per heavy atom. The number of rotatable bonds is 4. The second-order valence-electron chi connectivity index (χ2n) is 4.84. The molecule has 1 aliphatic rings. The van der Waals surface area contributed by atoms with Crippen LogP contribution in [0.5, 0.6) is 0 Å². The van der Waals surface area contributed by atoms with Crippen LogP contribution in [0.1, 0.15) is 22.3 Å². The van der Waals surface area contributed by atoms with Gasteiger partial charge in [0.2, 0.25) is 0 Å². The number of likely N-dealkylation sites (tertiary alicyclic amines) is 1. The lowest BCUT2D eigenvalue weighted by Gasteiger charge is -2.15. The maximum Gasteiger partial charge on any atom is 0.254 e. The average Bonchev–Trinajstić information content (AvgIpc) is 3.10. The van der Waals surface area contributed by atoms with E-state index in [4.69, 9.17) is 4.42 Å². The lowest BCUT2D eigenvalue weighted by molar-refractivity contribution is 0.0937. The molecule has 1 unspecified atom stereocenters. The summed E-state index contributed by atoms with van der Waals surface area (Å²) in [6, 6.07) is 4.08. The second kappa shape index (κ2) is 5.59. The third-order valence-corrected chi connectivity index (χ3v) is 4.11. The van der Waals surface area contributed by atoms with Crippen molar-refractivity contribution in [2.45, 2.75) is 19.0 Å². The Balaban J connectivity index is 1.50.